The maximum atomic E-state index is 11.1. The molecule has 1 atom stereocenters. The monoisotopic (exact) mass is 291 g/mol. The molecular weight excluding hydrogens is 274 g/mol. The van der Waals surface area contributed by atoms with Gasteiger partial charge in [-0.25, -0.2) is 0 Å². The molecule has 0 fully saturated rings. The van der Waals surface area contributed by atoms with Crippen LogP contribution in [0.5, 0.6) is 0 Å². The number of pyridine rings is 1. The highest BCUT2D eigenvalue weighted by atomic mass is 32.1. The van der Waals surface area contributed by atoms with Crippen LogP contribution in [0, 0.1) is 24.0 Å². The van der Waals surface area contributed by atoms with Crippen LogP contribution >= 0.6 is 11.3 Å². The summed E-state index contributed by atoms with van der Waals surface area (Å²) in [6, 6.07) is 4.29. The van der Waals surface area contributed by atoms with Crippen molar-refractivity contribution in [3.63, 3.8) is 0 Å². The Balaban J connectivity index is 2.14. The van der Waals surface area contributed by atoms with Crippen LogP contribution in [-0.4, -0.2) is 9.91 Å². The summed E-state index contributed by atoms with van der Waals surface area (Å²) in [6.45, 7) is 6.06. The topological polar surface area (TPSA) is 68.1 Å². The lowest BCUT2D eigenvalue weighted by atomic mass is 10.1. The molecule has 2 rings (SSSR count). The van der Waals surface area contributed by atoms with Gasteiger partial charge in [0.2, 0.25) is 0 Å². The minimum Gasteiger partial charge on any atom is -0.304 e. The van der Waals surface area contributed by atoms with E-state index >= 15 is 0 Å². The van der Waals surface area contributed by atoms with Crippen molar-refractivity contribution >= 4 is 17.0 Å². The molecular formula is C14H17N3O2S. The summed E-state index contributed by atoms with van der Waals surface area (Å²) < 4.78 is 0. The predicted molar refractivity (Wildman–Crippen MR) is 79.9 cm³/mol. The van der Waals surface area contributed by atoms with E-state index in [9.17, 15) is 10.1 Å². The van der Waals surface area contributed by atoms with Crippen LogP contribution in [0.4, 0.5) is 5.69 Å². The van der Waals surface area contributed by atoms with E-state index in [0.717, 1.165) is 5.69 Å². The van der Waals surface area contributed by atoms with Gasteiger partial charge in [0, 0.05) is 34.8 Å². The second-order valence-electron chi connectivity index (χ2n) is 4.74. The SMILES string of the molecule is Cc1cnc(CNC(C)c2cccs2)c(C)c1[N+](=O)[O-]. The Kier molecular flexibility index (Phi) is 4.46. The van der Waals surface area contributed by atoms with Crippen molar-refractivity contribution in [2.24, 2.45) is 0 Å². The molecule has 1 N–H and O–H groups in total. The summed E-state index contributed by atoms with van der Waals surface area (Å²) in [6.07, 6.45) is 1.57. The lowest BCUT2D eigenvalue weighted by Gasteiger charge is -2.13. The average Bonchev–Trinajstić information content (AvgIpc) is 2.91. The molecule has 0 aliphatic rings. The fourth-order valence-corrected chi connectivity index (χ4v) is 2.87. The third kappa shape index (κ3) is 3.02. The Morgan fingerprint density at radius 3 is 2.85 bits per heavy atom. The van der Waals surface area contributed by atoms with E-state index in [1.54, 1.807) is 31.4 Å². The average molecular weight is 291 g/mol. The van der Waals surface area contributed by atoms with Crippen molar-refractivity contribution in [3.05, 3.63) is 55.5 Å². The van der Waals surface area contributed by atoms with Crippen molar-refractivity contribution in [2.75, 3.05) is 0 Å². The maximum absolute atomic E-state index is 11.1. The summed E-state index contributed by atoms with van der Waals surface area (Å²) >= 11 is 1.69. The Labute approximate surface area is 121 Å². The first-order chi connectivity index (χ1) is 9.50. The van der Waals surface area contributed by atoms with Crippen molar-refractivity contribution < 1.29 is 4.92 Å². The molecule has 6 heteroatoms. The highest BCUT2D eigenvalue weighted by molar-refractivity contribution is 7.10. The second-order valence-corrected chi connectivity index (χ2v) is 5.72. The molecule has 20 heavy (non-hydrogen) atoms. The van der Waals surface area contributed by atoms with Crippen molar-refractivity contribution in [2.45, 2.75) is 33.4 Å². The fraction of sp³-hybridized carbons (Fsp3) is 0.357. The first kappa shape index (κ1) is 14.6. The highest BCUT2D eigenvalue weighted by Gasteiger charge is 2.18. The van der Waals surface area contributed by atoms with E-state index < -0.39 is 0 Å². The molecule has 0 saturated carbocycles. The highest BCUT2D eigenvalue weighted by Crippen LogP contribution is 2.25. The van der Waals surface area contributed by atoms with Crippen molar-refractivity contribution in [1.82, 2.24) is 10.3 Å². The molecule has 0 aliphatic heterocycles. The number of thiophene rings is 1. The molecule has 0 aromatic carbocycles. The normalized spacial score (nSPS) is 12.3. The van der Waals surface area contributed by atoms with Gasteiger partial charge in [-0.3, -0.25) is 15.1 Å². The van der Waals surface area contributed by atoms with Crippen LogP contribution in [-0.2, 0) is 6.54 Å². The molecule has 0 aliphatic carbocycles. The third-order valence-electron chi connectivity index (χ3n) is 3.30. The standard InChI is InChI=1S/C14H17N3O2S/c1-9-7-16-12(10(2)14(9)17(18)19)8-15-11(3)13-5-4-6-20-13/h4-7,11,15H,8H2,1-3H3. The van der Waals surface area contributed by atoms with Gasteiger partial charge in [-0.05, 0) is 32.2 Å². The lowest BCUT2D eigenvalue weighted by Crippen LogP contribution is -2.19. The first-order valence-electron chi connectivity index (χ1n) is 6.37. The molecule has 2 aromatic rings. The molecule has 2 aromatic heterocycles. The molecule has 0 radical (unpaired) electrons. The summed E-state index contributed by atoms with van der Waals surface area (Å²) in [5.41, 5.74) is 2.13. The summed E-state index contributed by atoms with van der Waals surface area (Å²) in [7, 11) is 0. The Morgan fingerprint density at radius 2 is 2.25 bits per heavy atom. The second kappa shape index (κ2) is 6.11. The smallest absolute Gasteiger partial charge is 0.278 e. The zero-order valence-corrected chi connectivity index (χ0v) is 12.5. The number of rotatable bonds is 5. The van der Waals surface area contributed by atoms with Gasteiger partial charge >= 0.3 is 0 Å². The Morgan fingerprint density at radius 1 is 1.50 bits per heavy atom. The zero-order valence-electron chi connectivity index (χ0n) is 11.7. The number of aryl methyl sites for hydroxylation is 1. The van der Waals surface area contributed by atoms with E-state index in [-0.39, 0.29) is 16.7 Å². The fourth-order valence-electron chi connectivity index (χ4n) is 2.11. The largest absolute Gasteiger partial charge is 0.304 e. The van der Waals surface area contributed by atoms with E-state index in [0.29, 0.717) is 17.7 Å². The number of hydrogen-bond donors (Lipinski definition) is 1. The Hall–Kier alpha value is -1.79. The van der Waals surface area contributed by atoms with Crippen LogP contribution in [0.2, 0.25) is 0 Å². The zero-order chi connectivity index (χ0) is 14.7. The molecule has 0 saturated heterocycles. The third-order valence-corrected chi connectivity index (χ3v) is 4.36. The molecule has 5 nitrogen and oxygen atoms in total. The molecule has 106 valence electrons. The van der Waals surface area contributed by atoms with Gasteiger partial charge in [-0.2, -0.15) is 0 Å². The van der Waals surface area contributed by atoms with E-state index in [4.69, 9.17) is 0 Å². The van der Waals surface area contributed by atoms with Gasteiger partial charge in [0.15, 0.2) is 0 Å². The van der Waals surface area contributed by atoms with E-state index in [1.807, 2.05) is 11.4 Å². The number of aromatic nitrogens is 1. The van der Waals surface area contributed by atoms with Gasteiger partial charge in [0.05, 0.1) is 10.6 Å². The van der Waals surface area contributed by atoms with Crippen LogP contribution < -0.4 is 5.32 Å². The van der Waals surface area contributed by atoms with Gasteiger partial charge in [-0.15, -0.1) is 11.3 Å². The van der Waals surface area contributed by atoms with Crippen molar-refractivity contribution in [3.8, 4) is 0 Å². The van der Waals surface area contributed by atoms with Gasteiger partial charge in [0.25, 0.3) is 5.69 Å². The molecule has 0 spiro atoms. The predicted octanol–water partition coefficient (Wildman–Crippen LogP) is 3.52. The molecule has 0 amide bonds. The first-order valence-corrected chi connectivity index (χ1v) is 7.25. The van der Waals surface area contributed by atoms with Gasteiger partial charge in [0.1, 0.15) is 0 Å². The van der Waals surface area contributed by atoms with Crippen LogP contribution in [0.3, 0.4) is 0 Å². The Bertz CT molecular complexity index is 611. The van der Waals surface area contributed by atoms with Gasteiger partial charge in [-0.1, -0.05) is 6.07 Å². The van der Waals surface area contributed by atoms with Crippen LogP contribution in [0.1, 0.15) is 34.7 Å². The quantitative estimate of drug-likeness (QED) is 0.676. The van der Waals surface area contributed by atoms with Crippen molar-refractivity contribution in [1.29, 1.82) is 0 Å². The number of nitrogens with zero attached hydrogens (tertiary/aromatic N) is 2. The molecule has 2 heterocycles. The molecule has 1 unspecified atom stereocenters. The van der Waals surface area contributed by atoms with Crippen LogP contribution in [0.25, 0.3) is 0 Å². The van der Waals surface area contributed by atoms with E-state index in [1.165, 1.54) is 4.88 Å². The van der Waals surface area contributed by atoms with E-state index in [2.05, 4.69) is 23.3 Å². The van der Waals surface area contributed by atoms with Crippen LogP contribution in [0.15, 0.2) is 23.7 Å². The maximum Gasteiger partial charge on any atom is 0.278 e. The number of nitro groups is 1. The number of nitrogens with one attached hydrogen (secondary N) is 1. The lowest BCUT2D eigenvalue weighted by molar-refractivity contribution is -0.386. The minimum absolute atomic E-state index is 0.167. The summed E-state index contributed by atoms with van der Waals surface area (Å²) in [5, 5.41) is 16.5. The summed E-state index contributed by atoms with van der Waals surface area (Å²) in [5.74, 6) is 0. The summed E-state index contributed by atoms with van der Waals surface area (Å²) in [4.78, 5) is 16.3. The number of hydrogen-bond acceptors (Lipinski definition) is 5. The minimum atomic E-state index is -0.335. The molecule has 0 bridgehead atoms. The van der Waals surface area contributed by atoms with Gasteiger partial charge < -0.3 is 5.32 Å².